The highest BCUT2D eigenvalue weighted by Gasteiger charge is 2.13. The lowest BCUT2D eigenvalue weighted by molar-refractivity contribution is -0.112. The van der Waals surface area contributed by atoms with Crippen LogP contribution < -0.4 is 10.6 Å². The van der Waals surface area contributed by atoms with Crippen molar-refractivity contribution in [2.75, 3.05) is 10.6 Å². The zero-order chi connectivity index (χ0) is 17.7. The monoisotopic (exact) mass is 359 g/mol. The van der Waals surface area contributed by atoms with E-state index in [1.165, 1.54) is 6.20 Å². The highest BCUT2D eigenvalue weighted by atomic mass is 35.5. The van der Waals surface area contributed by atoms with Crippen molar-refractivity contribution >= 4 is 40.5 Å². The highest BCUT2D eigenvalue weighted by molar-refractivity contribution is 6.44. The molecule has 0 spiro atoms. The van der Waals surface area contributed by atoms with Gasteiger partial charge in [0.2, 0.25) is 0 Å². The minimum absolute atomic E-state index is 0.0753. The first-order chi connectivity index (χ1) is 11.4. The van der Waals surface area contributed by atoms with Crippen molar-refractivity contribution in [2.24, 2.45) is 0 Å². The summed E-state index contributed by atoms with van der Waals surface area (Å²) in [5, 5.41) is 15.4. The van der Waals surface area contributed by atoms with Crippen molar-refractivity contribution in [3.8, 4) is 6.07 Å². The Morgan fingerprint density at radius 1 is 1.12 bits per heavy atom. The van der Waals surface area contributed by atoms with Crippen LogP contribution in [0.1, 0.15) is 11.1 Å². The van der Waals surface area contributed by atoms with Gasteiger partial charge in [0, 0.05) is 11.9 Å². The molecular weight excluding hydrogens is 345 g/mol. The Hall–Kier alpha value is -2.48. The van der Waals surface area contributed by atoms with Crippen LogP contribution in [0.3, 0.4) is 0 Å². The number of nitriles is 1. The normalized spacial score (nSPS) is 10.9. The molecule has 122 valence electrons. The molecule has 2 N–H and O–H groups in total. The molecule has 0 saturated carbocycles. The van der Waals surface area contributed by atoms with Crippen LogP contribution in [0.2, 0.25) is 10.0 Å². The summed E-state index contributed by atoms with van der Waals surface area (Å²) in [4.78, 5) is 12.3. The molecule has 6 heteroatoms. The van der Waals surface area contributed by atoms with Crippen LogP contribution in [0.5, 0.6) is 0 Å². The third-order valence-corrected chi connectivity index (χ3v) is 4.23. The van der Waals surface area contributed by atoms with Crippen molar-refractivity contribution < 1.29 is 4.79 Å². The summed E-state index contributed by atoms with van der Waals surface area (Å²) in [5.41, 5.74) is 3.17. The summed E-state index contributed by atoms with van der Waals surface area (Å²) in [7, 11) is 0. The van der Waals surface area contributed by atoms with Gasteiger partial charge in [0.15, 0.2) is 0 Å². The van der Waals surface area contributed by atoms with Crippen molar-refractivity contribution in [1.29, 1.82) is 5.26 Å². The van der Waals surface area contributed by atoms with E-state index in [1.54, 1.807) is 18.2 Å². The Balaban J connectivity index is 2.20. The number of para-hydroxylation sites is 1. The second-order valence-electron chi connectivity index (χ2n) is 5.14. The molecule has 0 radical (unpaired) electrons. The largest absolute Gasteiger partial charge is 0.360 e. The molecule has 0 aliphatic rings. The molecule has 0 atom stereocenters. The minimum atomic E-state index is -0.569. The molecule has 2 aromatic carbocycles. The van der Waals surface area contributed by atoms with Crippen LogP contribution in [-0.4, -0.2) is 5.91 Å². The second kappa shape index (κ2) is 7.87. The van der Waals surface area contributed by atoms with E-state index in [-0.39, 0.29) is 10.6 Å². The topological polar surface area (TPSA) is 64.9 Å². The van der Waals surface area contributed by atoms with Crippen LogP contribution in [0, 0.1) is 25.2 Å². The third-order valence-electron chi connectivity index (χ3n) is 3.41. The zero-order valence-corrected chi connectivity index (χ0v) is 14.7. The van der Waals surface area contributed by atoms with E-state index in [4.69, 9.17) is 23.2 Å². The van der Waals surface area contributed by atoms with Gasteiger partial charge in [0.1, 0.15) is 11.6 Å². The standard InChI is InChI=1S/C18H15Cl2N3O/c1-11-5-3-6-12(2)17(11)22-10-13(9-21)18(24)23-15-8-4-7-14(19)16(15)20/h3-8,10,22H,1-2H3,(H,23,24)/b13-10-. The lowest BCUT2D eigenvalue weighted by Gasteiger charge is -2.10. The van der Waals surface area contributed by atoms with Gasteiger partial charge in [-0.05, 0) is 37.1 Å². The molecule has 2 rings (SSSR count). The maximum atomic E-state index is 12.3. The smallest absolute Gasteiger partial charge is 0.267 e. The van der Waals surface area contributed by atoms with Gasteiger partial charge in [-0.25, -0.2) is 0 Å². The van der Waals surface area contributed by atoms with E-state index < -0.39 is 5.91 Å². The fourth-order valence-electron chi connectivity index (χ4n) is 2.13. The Labute approximate surface area is 150 Å². The van der Waals surface area contributed by atoms with Crippen LogP contribution in [0.25, 0.3) is 0 Å². The summed E-state index contributed by atoms with van der Waals surface area (Å²) in [5.74, 6) is -0.569. The van der Waals surface area contributed by atoms with E-state index in [9.17, 15) is 10.1 Å². The molecule has 0 aliphatic carbocycles. The first-order valence-corrected chi connectivity index (χ1v) is 7.88. The summed E-state index contributed by atoms with van der Waals surface area (Å²) in [6.45, 7) is 3.89. The predicted molar refractivity (Wildman–Crippen MR) is 98.3 cm³/mol. The van der Waals surface area contributed by atoms with E-state index in [0.717, 1.165) is 16.8 Å². The summed E-state index contributed by atoms with van der Waals surface area (Å²) in [6, 6.07) is 12.6. The molecule has 0 fully saturated rings. The third kappa shape index (κ3) is 4.08. The number of carbonyl (C=O) groups is 1. The number of halogens is 2. The van der Waals surface area contributed by atoms with Crippen molar-refractivity contribution in [1.82, 2.24) is 0 Å². The molecular formula is C18H15Cl2N3O. The maximum Gasteiger partial charge on any atom is 0.267 e. The number of benzene rings is 2. The van der Waals surface area contributed by atoms with Crippen molar-refractivity contribution in [2.45, 2.75) is 13.8 Å². The SMILES string of the molecule is Cc1cccc(C)c1N/C=C(/C#N)C(=O)Nc1cccc(Cl)c1Cl. The maximum absolute atomic E-state index is 12.3. The molecule has 1 amide bonds. The Morgan fingerprint density at radius 3 is 2.38 bits per heavy atom. The Morgan fingerprint density at radius 2 is 1.75 bits per heavy atom. The lowest BCUT2D eigenvalue weighted by Crippen LogP contribution is -2.15. The van der Waals surface area contributed by atoms with Crippen LogP contribution in [0.15, 0.2) is 48.2 Å². The number of hydrogen-bond acceptors (Lipinski definition) is 3. The summed E-state index contributed by atoms with van der Waals surface area (Å²) < 4.78 is 0. The molecule has 0 heterocycles. The Bertz CT molecular complexity index is 834. The fourth-order valence-corrected chi connectivity index (χ4v) is 2.47. The van der Waals surface area contributed by atoms with Gasteiger partial charge in [0.05, 0.1) is 15.7 Å². The van der Waals surface area contributed by atoms with Crippen LogP contribution in [0.4, 0.5) is 11.4 Å². The first kappa shape index (κ1) is 17.9. The number of nitrogens with one attached hydrogen (secondary N) is 2. The average Bonchev–Trinajstić information content (AvgIpc) is 2.54. The first-order valence-electron chi connectivity index (χ1n) is 7.12. The summed E-state index contributed by atoms with van der Waals surface area (Å²) >= 11 is 11.9. The molecule has 24 heavy (non-hydrogen) atoms. The molecule has 0 unspecified atom stereocenters. The van der Waals surface area contributed by atoms with Crippen LogP contribution >= 0.6 is 23.2 Å². The highest BCUT2D eigenvalue weighted by Crippen LogP contribution is 2.29. The van der Waals surface area contributed by atoms with Crippen molar-refractivity contribution in [3.05, 3.63) is 69.3 Å². The zero-order valence-electron chi connectivity index (χ0n) is 13.2. The second-order valence-corrected chi connectivity index (χ2v) is 5.92. The number of hydrogen-bond donors (Lipinski definition) is 2. The van der Waals surface area contributed by atoms with E-state index in [1.807, 2.05) is 38.1 Å². The molecule has 0 bridgehead atoms. The molecule has 0 aliphatic heterocycles. The van der Waals surface area contributed by atoms with Gasteiger partial charge >= 0.3 is 0 Å². The quantitative estimate of drug-likeness (QED) is 0.591. The van der Waals surface area contributed by atoms with Gasteiger partial charge in [0.25, 0.3) is 5.91 Å². The van der Waals surface area contributed by atoms with Gasteiger partial charge in [-0.2, -0.15) is 5.26 Å². The fraction of sp³-hybridized carbons (Fsp3) is 0.111. The number of anilines is 2. The predicted octanol–water partition coefficient (Wildman–Crippen LogP) is 5.07. The van der Waals surface area contributed by atoms with E-state index in [0.29, 0.717) is 10.7 Å². The number of nitrogens with zero attached hydrogens (tertiary/aromatic N) is 1. The van der Waals surface area contributed by atoms with Gasteiger partial charge in [-0.1, -0.05) is 47.5 Å². The number of rotatable bonds is 4. The van der Waals surface area contributed by atoms with Crippen LogP contribution in [-0.2, 0) is 4.79 Å². The molecule has 4 nitrogen and oxygen atoms in total. The molecule has 0 saturated heterocycles. The van der Waals surface area contributed by atoms with Gasteiger partial charge in [-0.15, -0.1) is 0 Å². The summed E-state index contributed by atoms with van der Waals surface area (Å²) in [6.07, 6.45) is 1.38. The lowest BCUT2D eigenvalue weighted by atomic mass is 10.1. The molecule has 2 aromatic rings. The van der Waals surface area contributed by atoms with Crippen molar-refractivity contribution in [3.63, 3.8) is 0 Å². The van der Waals surface area contributed by atoms with E-state index >= 15 is 0 Å². The number of carbonyl (C=O) groups excluding carboxylic acids is 1. The average molecular weight is 360 g/mol. The minimum Gasteiger partial charge on any atom is -0.360 e. The molecule has 0 aromatic heterocycles. The number of amides is 1. The van der Waals surface area contributed by atoms with Gasteiger partial charge in [-0.3, -0.25) is 4.79 Å². The van der Waals surface area contributed by atoms with E-state index in [2.05, 4.69) is 10.6 Å². The number of aryl methyl sites for hydroxylation is 2. The Kier molecular flexibility index (Phi) is 5.86. The van der Waals surface area contributed by atoms with Gasteiger partial charge < -0.3 is 10.6 Å².